The van der Waals surface area contributed by atoms with E-state index in [4.69, 9.17) is 10.3 Å². The lowest BCUT2D eigenvalue weighted by atomic mass is 10.1. The van der Waals surface area contributed by atoms with E-state index in [1.165, 1.54) is 0 Å². The number of rotatable bonds is 6. The summed E-state index contributed by atoms with van der Waals surface area (Å²) < 4.78 is 29.1. The quantitative estimate of drug-likeness (QED) is 0.248. The van der Waals surface area contributed by atoms with Crippen LogP contribution in [0.3, 0.4) is 0 Å². The molecule has 0 aromatic heterocycles. The molecule has 7 heteroatoms. The molecule has 0 aromatic carbocycles. The highest BCUT2D eigenvalue weighted by molar-refractivity contribution is 7.85. The summed E-state index contributed by atoms with van der Waals surface area (Å²) in [6.45, 7) is 3.84. The monoisotopic (exact) mass is 241 g/mol. The van der Waals surface area contributed by atoms with Crippen LogP contribution in [0.25, 0.3) is 0 Å². The van der Waals surface area contributed by atoms with Crippen LogP contribution in [-0.4, -0.2) is 37.2 Å². The highest BCUT2D eigenvalue weighted by Gasteiger charge is 2.16. The molecule has 0 saturated carbocycles. The van der Waals surface area contributed by atoms with Crippen molar-refractivity contribution < 1.29 is 17.8 Å². The molecule has 0 unspecified atom stereocenters. The molecule has 90 valence electrons. The number of hydrogen-bond donors (Lipinski definition) is 3. The first-order valence-electron chi connectivity index (χ1n) is 4.72. The van der Waals surface area contributed by atoms with Crippen LogP contribution in [0.2, 0.25) is 0 Å². The summed E-state index contributed by atoms with van der Waals surface area (Å²) in [4.78, 5) is 11.3. The van der Waals surface area contributed by atoms with Gasteiger partial charge in [-0.15, -0.1) is 0 Å². The molecule has 15 heavy (non-hydrogen) atoms. The van der Waals surface area contributed by atoms with Gasteiger partial charge in [-0.25, -0.2) is 0 Å². The van der Waals surface area contributed by atoms with E-state index in [1.807, 2.05) is 13.8 Å². The number of carbonyl (C=O) groups excluding carboxylic acids is 1. The Morgan fingerprint density at radius 3 is 2.47 bits per heavy atom. The average Bonchev–Trinajstić information content (AvgIpc) is 2.09. The minimum absolute atomic E-state index is 0.0339. The Morgan fingerprint density at radius 1 is 1.53 bits per heavy atom. The summed E-state index contributed by atoms with van der Waals surface area (Å²) in [6, 6.07) is -0.587. The van der Waals surface area contributed by atoms with Crippen molar-refractivity contribution in [3.63, 3.8) is 0 Å². The summed E-state index contributed by atoms with van der Waals surface area (Å²) in [5.74, 6) is -0.628. The standard InChI is InChI=1S/C8H18N2O4S/c1-6(2)7(9)8(11)10-4-3-5-15(12,13)14/h6-7H,3-5,9H2,1-2H3,(H,10,11)(H,12,13,14)/t7-/m0/s1/i10+1,11+2. The second kappa shape index (κ2) is 6.04. The van der Waals surface area contributed by atoms with Gasteiger partial charge in [-0.2, -0.15) is 8.42 Å². The topological polar surface area (TPSA) is 109 Å². The summed E-state index contributed by atoms with van der Waals surface area (Å²) in [7, 11) is -3.94. The van der Waals surface area contributed by atoms with Gasteiger partial charge < -0.3 is 11.1 Å². The molecular formula is C8H18N2O4S. The minimum Gasteiger partial charge on any atom is -0.355 e. The van der Waals surface area contributed by atoms with Gasteiger partial charge in [-0.05, 0) is 12.3 Å². The van der Waals surface area contributed by atoms with Crippen molar-refractivity contribution in [3.8, 4) is 0 Å². The molecule has 0 radical (unpaired) electrons. The predicted molar refractivity (Wildman–Crippen MR) is 56.9 cm³/mol. The molecule has 0 bridgehead atoms. The second-order valence-electron chi connectivity index (χ2n) is 3.70. The van der Waals surface area contributed by atoms with Crippen LogP contribution in [0.4, 0.5) is 0 Å². The van der Waals surface area contributed by atoms with Gasteiger partial charge in [-0.1, -0.05) is 13.8 Å². The lowest BCUT2D eigenvalue weighted by Gasteiger charge is -2.14. The fourth-order valence-electron chi connectivity index (χ4n) is 0.887. The Morgan fingerprint density at radius 2 is 2.07 bits per heavy atom. The number of hydrogen-bond acceptors (Lipinski definition) is 4. The predicted octanol–water partition coefficient (Wildman–Crippen LogP) is -0.636. The normalized spacial score (nSPS) is 13.9. The van der Waals surface area contributed by atoms with Crippen molar-refractivity contribution in [2.24, 2.45) is 11.7 Å². The number of carbonyl (C=O) groups is 1. The van der Waals surface area contributed by atoms with Crippen LogP contribution < -0.4 is 11.1 Å². The van der Waals surface area contributed by atoms with E-state index >= 15 is 0 Å². The molecule has 6 nitrogen and oxygen atoms in total. The zero-order chi connectivity index (χ0) is 12.1. The molecule has 0 aliphatic rings. The van der Waals surface area contributed by atoms with E-state index in [0.717, 1.165) is 0 Å². The van der Waals surface area contributed by atoms with Crippen molar-refractivity contribution in [1.29, 1.82) is 0 Å². The molecule has 1 atom stereocenters. The largest absolute Gasteiger partial charge is 0.355 e. The van der Waals surface area contributed by atoms with Crippen LogP contribution in [0.5, 0.6) is 0 Å². The van der Waals surface area contributed by atoms with E-state index in [0.29, 0.717) is 0 Å². The van der Waals surface area contributed by atoms with E-state index in [9.17, 15) is 13.2 Å². The third-order valence-electron chi connectivity index (χ3n) is 1.90. The van der Waals surface area contributed by atoms with Gasteiger partial charge in [0.15, 0.2) is 0 Å². The third-order valence-corrected chi connectivity index (χ3v) is 2.70. The molecular weight excluding hydrogens is 223 g/mol. The summed E-state index contributed by atoms with van der Waals surface area (Å²) in [5, 5.41) is 2.50. The van der Waals surface area contributed by atoms with Gasteiger partial charge >= 0.3 is 0 Å². The number of nitrogens with one attached hydrogen (secondary N) is 1. The van der Waals surface area contributed by atoms with Crippen molar-refractivity contribution >= 4 is 16.0 Å². The molecule has 0 spiro atoms. The maximum atomic E-state index is 11.3. The van der Waals surface area contributed by atoms with Crippen LogP contribution in [0, 0.1) is 5.92 Å². The van der Waals surface area contributed by atoms with Crippen LogP contribution in [0.1, 0.15) is 20.3 Å². The first kappa shape index (κ1) is 14.3. The zero-order valence-electron chi connectivity index (χ0n) is 8.93. The second-order valence-corrected chi connectivity index (χ2v) is 5.27. The van der Waals surface area contributed by atoms with Crippen molar-refractivity contribution in [3.05, 3.63) is 0 Å². The fraction of sp³-hybridized carbons (Fsp3) is 0.875. The van der Waals surface area contributed by atoms with Crippen LogP contribution in [0.15, 0.2) is 0 Å². The summed E-state index contributed by atoms with van der Waals surface area (Å²) >= 11 is 0. The first-order chi connectivity index (χ1) is 6.74. The Labute approximate surface area is 90.0 Å². The molecule has 0 rings (SSSR count). The van der Waals surface area contributed by atoms with E-state index < -0.39 is 16.2 Å². The minimum atomic E-state index is -3.94. The van der Waals surface area contributed by atoms with Crippen molar-refractivity contribution in [2.75, 3.05) is 12.3 Å². The SMILES string of the molecule is CC(C)[C@H](N)C(=[18O])[15NH]CCCS(=O)(=O)O. The van der Waals surface area contributed by atoms with Gasteiger partial charge in [0.05, 0.1) is 11.8 Å². The Bertz CT molecular complexity index is 300. The molecule has 1 amide bonds. The molecule has 0 heterocycles. The van der Waals surface area contributed by atoms with E-state index in [1.54, 1.807) is 0 Å². The Kier molecular flexibility index (Phi) is 5.77. The van der Waals surface area contributed by atoms with Gasteiger partial charge in [0.1, 0.15) is 0 Å². The van der Waals surface area contributed by atoms with Crippen LogP contribution >= 0.6 is 0 Å². The highest BCUT2D eigenvalue weighted by Crippen LogP contribution is 1.97. The number of amides is 1. The first-order valence-corrected chi connectivity index (χ1v) is 6.33. The average molecular weight is 241 g/mol. The molecule has 0 aliphatic carbocycles. The van der Waals surface area contributed by atoms with Crippen molar-refractivity contribution in [1.82, 2.24) is 5.32 Å². The van der Waals surface area contributed by atoms with Crippen LogP contribution in [-0.2, 0) is 14.9 Å². The van der Waals surface area contributed by atoms with Gasteiger partial charge in [0, 0.05) is 6.54 Å². The smallest absolute Gasteiger partial charge is 0.264 e. The van der Waals surface area contributed by atoms with Gasteiger partial charge in [-0.3, -0.25) is 9.35 Å². The summed E-state index contributed by atoms with van der Waals surface area (Å²) in [6.07, 6.45) is 0.176. The van der Waals surface area contributed by atoms with Gasteiger partial charge in [0.2, 0.25) is 5.91 Å². The zero-order valence-corrected chi connectivity index (χ0v) is 9.75. The Balaban J connectivity index is 3.74. The molecule has 0 fully saturated rings. The van der Waals surface area contributed by atoms with Crippen molar-refractivity contribution in [2.45, 2.75) is 26.3 Å². The lowest BCUT2D eigenvalue weighted by Crippen LogP contribution is -2.44. The molecule has 0 aromatic rings. The summed E-state index contributed by atoms with van der Waals surface area (Å²) in [5.41, 5.74) is 5.55. The molecule has 0 saturated heterocycles. The fourth-order valence-corrected chi connectivity index (χ4v) is 1.40. The maximum Gasteiger partial charge on any atom is 0.264 e. The molecule has 0 aliphatic heterocycles. The molecule has 4 N–H and O–H groups in total. The van der Waals surface area contributed by atoms with E-state index in [-0.39, 0.29) is 30.5 Å². The van der Waals surface area contributed by atoms with E-state index in [2.05, 4.69) is 5.32 Å². The van der Waals surface area contributed by atoms with Gasteiger partial charge in [0.25, 0.3) is 10.1 Å². The Hall–Kier alpha value is -0.660. The highest BCUT2D eigenvalue weighted by atomic mass is 32.2. The lowest BCUT2D eigenvalue weighted by molar-refractivity contribution is -0.123. The number of nitrogens with two attached hydrogens (primary N) is 1. The third kappa shape index (κ3) is 7.29. The maximum absolute atomic E-state index is 11.3.